The number of ketones is 1. The Morgan fingerprint density at radius 3 is 2.33 bits per heavy atom. The van der Waals surface area contributed by atoms with Crippen LogP contribution in [0.1, 0.15) is 24.0 Å². The molecule has 1 aromatic heterocycles. The van der Waals surface area contributed by atoms with E-state index in [9.17, 15) is 14.4 Å². The lowest BCUT2D eigenvalue weighted by Gasteiger charge is -2.17. The highest BCUT2D eigenvalue weighted by Crippen LogP contribution is 2.34. The zero-order chi connectivity index (χ0) is 25.1. The van der Waals surface area contributed by atoms with Gasteiger partial charge < -0.3 is 10.1 Å². The normalized spacial score (nSPS) is 19.2. The molecule has 2 amide bonds. The summed E-state index contributed by atoms with van der Waals surface area (Å²) in [5.41, 5.74) is 1.89. The van der Waals surface area contributed by atoms with Gasteiger partial charge in [-0.05, 0) is 30.4 Å². The highest BCUT2D eigenvalue weighted by atomic mass is 35.5. The van der Waals surface area contributed by atoms with Gasteiger partial charge in [0.25, 0.3) is 5.91 Å². The van der Waals surface area contributed by atoms with Gasteiger partial charge in [-0.2, -0.15) is 4.98 Å². The summed E-state index contributed by atoms with van der Waals surface area (Å²) in [4.78, 5) is 45.3. The third kappa shape index (κ3) is 5.57. The molecule has 2 aromatic carbocycles. The van der Waals surface area contributed by atoms with E-state index in [-0.39, 0.29) is 24.4 Å². The number of carbonyl (C=O) groups is 3. The second kappa shape index (κ2) is 10.5. The SMILES string of the molecule is O=C(NC1CC1)C(=O)[C@H]1CN(c2cc(Cl)cc(OCc3ccccc3)n2)C(=O)[C@@H]1Cc1ccccc1. The molecule has 2 atom stereocenters. The number of pyridine rings is 1. The van der Waals surface area contributed by atoms with E-state index in [1.54, 1.807) is 12.1 Å². The highest BCUT2D eigenvalue weighted by Gasteiger charge is 2.47. The van der Waals surface area contributed by atoms with Crippen LogP contribution >= 0.6 is 11.6 Å². The van der Waals surface area contributed by atoms with E-state index in [1.165, 1.54) is 4.90 Å². The number of rotatable bonds is 9. The molecule has 8 heteroatoms. The molecule has 1 saturated carbocycles. The Bertz CT molecular complexity index is 1260. The fraction of sp³-hybridized carbons (Fsp3) is 0.286. The van der Waals surface area contributed by atoms with Crippen LogP contribution in [-0.2, 0) is 27.4 Å². The van der Waals surface area contributed by atoms with Crippen LogP contribution in [0.2, 0.25) is 5.02 Å². The summed E-state index contributed by atoms with van der Waals surface area (Å²) in [6.45, 7) is 0.347. The van der Waals surface area contributed by atoms with Crippen LogP contribution in [0.25, 0.3) is 0 Å². The average Bonchev–Trinajstić information content (AvgIpc) is 3.65. The van der Waals surface area contributed by atoms with Crippen LogP contribution in [0.15, 0.2) is 72.8 Å². The lowest BCUT2D eigenvalue weighted by atomic mass is 9.86. The van der Waals surface area contributed by atoms with E-state index in [2.05, 4.69) is 10.3 Å². The molecule has 1 saturated heterocycles. The monoisotopic (exact) mass is 503 g/mol. The molecule has 0 spiro atoms. The molecular formula is C28H26ClN3O4. The Balaban J connectivity index is 1.39. The van der Waals surface area contributed by atoms with Crippen LogP contribution in [0.5, 0.6) is 5.88 Å². The smallest absolute Gasteiger partial charge is 0.287 e. The Hall–Kier alpha value is -3.71. The Kier molecular flexibility index (Phi) is 7.00. The zero-order valence-electron chi connectivity index (χ0n) is 19.6. The Morgan fingerprint density at radius 1 is 1.00 bits per heavy atom. The molecule has 2 heterocycles. The number of nitrogens with one attached hydrogen (secondary N) is 1. The molecule has 0 unspecified atom stereocenters. The topological polar surface area (TPSA) is 88.6 Å². The molecule has 7 nitrogen and oxygen atoms in total. The molecule has 1 N–H and O–H groups in total. The van der Waals surface area contributed by atoms with Gasteiger partial charge in [0.05, 0.1) is 11.8 Å². The fourth-order valence-electron chi connectivity index (χ4n) is 4.41. The van der Waals surface area contributed by atoms with E-state index in [0.717, 1.165) is 24.0 Å². The van der Waals surface area contributed by atoms with Gasteiger partial charge in [0.2, 0.25) is 17.6 Å². The number of carbonyl (C=O) groups excluding carboxylic acids is 3. The Morgan fingerprint density at radius 2 is 1.67 bits per heavy atom. The number of amides is 2. The van der Waals surface area contributed by atoms with E-state index in [0.29, 0.717) is 23.9 Å². The molecule has 2 fully saturated rings. The molecule has 184 valence electrons. The van der Waals surface area contributed by atoms with Crippen molar-refractivity contribution in [1.82, 2.24) is 10.3 Å². The molecule has 36 heavy (non-hydrogen) atoms. The summed E-state index contributed by atoms with van der Waals surface area (Å²) in [7, 11) is 0. The first-order valence-electron chi connectivity index (χ1n) is 12.0. The first-order chi connectivity index (χ1) is 17.5. The van der Waals surface area contributed by atoms with Gasteiger partial charge in [-0.3, -0.25) is 19.3 Å². The van der Waals surface area contributed by atoms with Crippen LogP contribution in [0, 0.1) is 11.8 Å². The molecule has 2 aliphatic rings. The maximum absolute atomic E-state index is 13.6. The quantitative estimate of drug-likeness (QED) is 0.446. The van der Waals surface area contributed by atoms with Gasteiger partial charge in [0.1, 0.15) is 12.4 Å². The molecule has 5 rings (SSSR count). The Labute approximate surface area is 214 Å². The molecule has 1 aliphatic heterocycles. The van der Waals surface area contributed by atoms with E-state index in [4.69, 9.17) is 16.3 Å². The largest absolute Gasteiger partial charge is 0.473 e. The first kappa shape index (κ1) is 24.0. The van der Waals surface area contributed by atoms with Crippen molar-refractivity contribution in [2.45, 2.75) is 31.9 Å². The molecular weight excluding hydrogens is 478 g/mol. The maximum Gasteiger partial charge on any atom is 0.287 e. The summed E-state index contributed by atoms with van der Waals surface area (Å²) in [6.07, 6.45) is 2.10. The lowest BCUT2D eigenvalue weighted by molar-refractivity contribution is -0.141. The number of halogens is 1. The average molecular weight is 504 g/mol. The van der Waals surface area contributed by atoms with Gasteiger partial charge in [-0.25, -0.2) is 0 Å². The minimum atomic E-state index is -0.786. The number of Topliss-reactive ketones (excluding diaryl/α,β-unsaturated/α-hetero) is 1. The van der Waals surface area contributed by atoms with Gasteiger partial charge in [0.15, 0.2) is 0 Å². The van der Waals surface area contributed by atoms with Crippen LogP contribution in [0.4, 0.5) is 5.82 Å². The first-order valence-corrected chi connectivity index (χ1v) is 12.4. The van der Waals surface area contributed by atoms with Crippen molar-refractivity contribution in [3.63, 3.8) is 0 Å². The maximum atomic E-state index is 13.6. The molecule has 0 radical (unpaired) electrons. The number of benzene rings is 2. The van der Waals surface area contributed by atoms with Gasteiger partial charge in [-0.1, -0.05) is 72.3 Å². The van der Waals surface area contributed by atoms with E-state index < -0.39 is 23.5 Å². The molecule has 3 aromatic rings. The van der Waals surface area contributed by atoms with Gasteiger partial charge in [0, 0.05) is 29.7 Å². The number of ether oxygens (including phenoxy) is 1. The predicted molar refractivity (Wildman–Crippen MR) is 136 cm³/mol. The van der Waals surface area contributed by atoms with Crippen LogP contribution < -0.4 is 15.0 Å². The molecule has 0 bridgehead atoms. The third-order valence-corrected chi connectivity index (χ3v) is 6.70. The lowest BCUT2D eigenvalue weighted by Crippen LogP contribution is -2.39. The fourth-order valence-corrected chi connectivity index (χ4v) is 4.60. The number of hydrogen-bond acceptors (Lipinski definition) is 5. The minimum Gasteiger partial charge on any atom is -0.473 e. The number of aromatic nitrogens is 1. The van der Waals surface area contributed by atoms with Crippen molar-refractivity contribution in [2.75, 3.05) is 11.4 Å². The summed E-state index contributed by atoms with van der Waals surface area (Å²) in [5.74, 6) is -2.35. The highest BCUT2D eigenvalue weighted by molar-refractivity contribution is 6.38. The van der Waals surface area contributed by atoms with Crippen molar-refractivity contribution in [1.29, 1.82) is 0 Å². The van der Waals surface area contributed by atoms with Crippen molar-refractivity contribution in [3.8, 4) is 5.88 Å². The van der Waals surface area contributed by atoms with Crippen molar-refractivity contribution < 1.29 is 19.1 Å². The number of nitrogens with zero attached hydrogens (tertiary/aromatic N) is 2. The van der Waals surface area contributed by atoms with Gasteiger partial charge >= 0.3 is 0 Å². The van der Waals surface area contributed by atoms with E-state index >= 15 is 0 Å². The molecule has 1 aliphatic carbocycles. The van der Waals surface area contributed by atoms with Crippen molar-refractivity contribution in [2.24, 2.45) is 11.8 Å². The zero-order valence-corrected chi connectivity index (χ0v) is 20.4. The predicted octanol–water partition coefficient (Wildman–Crippen LogP) is 3.98. The second-order valence-corrected chi connectivity index (χ2v) is 9.66. The standard InChI is InChI=1S/C28H26ClN3O4/c29-20-14-24(31-25(15-20)36-17-19-9-5-2-6-10-19)32-16-23(26(33)27(34)30-21-11-12-21)22(28(32)35)13-18-7-3-1-4-8-18/h1-10,14-15,21-23H,11-13,16-17H2,(H,30,34)/t22-,23+/m1/s1. The van der Waals surface area contributed by atoms with Crippen molar-refractivity contribution >= 4 is 35.0 Å². The number of hydrogen-bond donors (Lipinski definition) is 1. The summed E-state index contributed by atoms with van der Waals surface area (Å²) in [5, 5.41) is 3.12. The summed E-state index contributed by atoms with van der Waals surface area (Å²) >= 11 is 6.35. The van der Waals surface area contributed by atoms with Crippen molar-refractivity contribution in [3.05, 3.63) is 88.9 Å². The third-order valence-electron chi connectivity index (χ3n) is 6.48. The minimum absolute atomic E-state index is 0.0543. The van der Waals surface area contributed by atoms with Crippen LogP contribution in [0.3, 0.4) is 0 Å². The van der Waals surface area contributed by atoms with E-state index in [1.807, 2.05) is 60.7 Å². The number of anilines is 1. The van der Waals surface area contributed by atoms with Crippen LogP contribution in [-0.4, -0.2) is 35.2 Å². The summed E-state index contributed by atoms with van der Waals surface area (Å²) < 4.78 is 5.83. The van der Waals surface area contributed by atoms with Gasteiger partial charge in [-0.15, -0.1) is 0 Å². The second-order valence-electron chi connectivity index (χ2n) is 9.22. The summed E-state index contributed by atoms with van der Waals surface area (Å²) in [6, 6.07) is 22.3.